The molecule has 0 radical (unpaired) electrons. The molecule has 1 aliphatic heterocycles. The highest BCUT2D eigenvalue weighted by atomic mass is 32.1. The van der Waals surface area contributed by atoms with Gasteiger partial charge in [0.2, 0.25) is 5.91 Å². The zero-order valence-corrected chi connectivity index (χ0v) is 14.7. The average molecular weight is 354 g/mol. The zero-order chi connectivity index (χ0) is 17.5. The summed E-state index contributed by atoms with van der Waals surface area (Å²) < 4.78 is 9.75. The number of hydrogen-bond acceptors (Lipinski definition) is 7. The fourth-order valence-corrected chi connectivity index (χ4v) is 3.47. The van der Waals surface area contributed by atoms with E-state index in [1.807, 2.05) is 4.90 Å². The molecule has 0 aromatic carbocycles. The number of ether oxygens (including phenoxy) is 2. The molecule has 1 aromatic heterocycles. The molecule has 1 aliphatic rings. The molecule has 0 saturated carbocycles. The number of carbonyl (C=O) groups excluding carboxylic acids is 3. The Morgan fingerprint density at radius 2 is 2.21 bits per heavy atom. The first-order valence-corrected chi connectivity index (χ1v) is 8.77. The molecule has 7 nitrogen and oxygen atoms in total. The standard InChI is InChI=1S/C16H22N2O5S/c1-3-23-15(20)11-5-4-7-18(9-11)10-13(19)17-12-6-8-24-14(12)16(21)22-2/h6,8,11H,3-5,7,9-10H2,1-2H3,(H,17,19). The first-order valence-electron chi connectivity index (χ1n) is 7.89. The lowest BCUT2D eigenvalue weighted by atomic mass is 9.98. The Kier molecular flexibility index (Phi) is 6.74. The largest absolute Gasteiger partial charge is 0.466 e. The second-order valence-corrected chi connectivity index (χ2v) is 6.45. The normalized spacial score (nSPS) is 18.0. The Morgan fingerprint density at radius 3 is 2.92 bits per heavy atom. The maximum Gasteiger partial charge on any atom is 0.350 e. The number of rotatable bonds is 6. The second-order valence-electron chi connectivity index (χ2n) is 5.53. The third-order valence-corrected chi connectivity index (χ3v) is 4.70. The van der Waals surface area contributed by atoms with Crippen molar-refractivity contribution >= 4 is 34.9 Å². The predicted molar refractivity (Wildman–Crippen MR) is 90.1 cm³/mol. The van der Waals surface area contributed by atoms with Crippen molar-refractivity contribution in [2.24, 2.45) is 5.92 Å². The predicted octanol–water partition coefficient (Wildman–Crippen LogP) is 1.75. The van der Waals surface area contributed by atoms with E-state index in [4.69, 9.17) is 4.74 Å². The first kappa shape index (κ1) is 18.4. The molecular formula is C16H22N2O5S. The van der Waals surface area contributed by atoms with Crippen LogP contribution in [-0.2, 0) is 19.1 Å². The number of anilines is 1. The number of piperidine rings is 1. The molecule has 0 bridgehead atoms. The van der Waals surface area contributed by atoms with Crippen molar-refractivity contribution in [3.05, 3.63) is 16.3 Å². The van der Waals surface area contributed by atoms with Crippen molar-refractivity contribution in [2.45, 2.75) is 19.8 Å². The summed E-state index contributed by atoms with van der Waals surface area (Å²) >= 11 is 1.22. The molecule has 1 saturated heterocycles. The van der Waals surface area contributed by atoms with Gasteiger partial charge in [0.05, 0.1) is 31.9 Å². The molecule has 1 amide bonds. The number of nitrogens with zero attached hydrogens (tertiary/aromatic N) is 1. The van der Waals surface area contributed by atoms with E-state index in [1.54, 1.807) is 18.4 Å². The van der Waals surface area contributed by atoms with E-state index in [0.717, 1.165) is 19.4 Å². The third kappa shape index (κ3) is 4.78. The highest BCUT2D eigenvalue weighted by molar-refractivity contribution is 7.12. The van der Waals surface area contributed by atoms with Gasteiger partial charge in [0.25, 0.3) is 0 Å². The molecular weight excluding hydrogens is 332 g/mol. The SMILES string of the molecule is CCOC(=O)C1CCCN(CC(=O)Nc2ccsc2C(=O)OC)C1. The smallest absolute Gasteiger partial charge is 0.350 e. The van der Waals surface area contributed by atoms with Gasteiger partial charge in [0.15, 0.2) is 0 Å². The average Bonchev–Trinajstić information content (AvgIpc) is 3.02. The molecule has 1 atom stereocenters. The van der Waals surface area contributed by atoms with Crippen LogP contribution in [0.5, 0.6) is 0 Å². The number of thiophene rings is 1. The van der Waals surface area contributed by atoms with Gasteiger partial charge in [0.1, 0.15) is 4.88 Å². The first-order chi connectivity index (χ1) is 11.5. The number of hydrogen-bond donors (Lipinski definition) is 1. The maximum absolute atomic E-state index is 12.2. The van der Waals surface area contributed by atoms with Gasteiger partial charge in [0, 0.05) is 6.54 Å². The van der Waals surface area contributed by atoms with E-state index >= 15 is 0 Å². The minimum atomic E-state index is -0.472. The van der Waals surface area contributed by atoms with Gasteiger partial charge in [-0.25, -0.2) is 4.79 Å². The molecule has 1 unspecified atom stereocenters. The Balaban J connectivity index is 1.89. The van der Waals surface area contributed by atoms with E-state index in [2.05, 4.69) is 10.1 Å². The van der Waals surface area contributed by atoms with Crippen molar-refractivity contribution in [1.29, 1.82) is 0 Å². The van der Waals surface area contributed by atoms with E-state index < -0.39 is 5.97 Å². The van der Waals surface area contributed by atoms with E-state index in [0.29, 0.717) is 23.7 Å². The number of likely N-dealkylation sites (tertiary alicyclic amines) is 1. The number of amides is 1. The van der Waals surface area contributed by atoms with Gasteiger partial charge in [-0.1, -0.05) is 0 Å². The minimum absolute atomic E-state index is 0.173. The summed E-state index contributed by atoms with van der Waals surface area (Å²) in [5.41, 5.74) is 0.454. The summed E-state index contributed by atoms with van der Waals surface area (Å²) in [6.07, 6.45) is 1.64. The molecule has 1 N–H and O–H groups in total. The molecule has 132 valence electrons. The lowest BCUT2D eigenvalue weighted by molar-refractivity contribution is -0.150. The lowest BCUT2D eigenvalue weighted by Crippen LogP contribution is -2.43. The number of carbonyl (C=O) groups is 3. The van der Waals surface area contributed by atoms with Gasteiger partial charge in [-0.2, -0.15) is 0 Å². The minimum Gasteiger partial charge on any atom is -0.466 e. The summed E-state index contributed by atoms with van der Waals surface area (Å²) in [7, 11) is 1.30. The lowest BCUT2D eigenvalue weighted by Gasteiger charge is -2.30. The fourth-order valence-electron chi connectivity index (χ4n) is 2.70. The highest BCUT2D eigenvalue weighted by Crippen LogP contribution is 2.23. The van der Waals surface area contributed by atoms with Gasteiger partial charge in [-0.3, -0.25) is 14.5 Å². The maximum atomic E-state index is 12.2. The van der Waals surface area contributed by atoms with E-state index in [-0.39, 0.29) is 24.3 Å². The molecule has 0 aliphatic carbocycles. The van der Waals surface area contributed by atoms with Gasteiger partial charge >= 0.3 is 11.9 Å². The molecule has 1 fully saturated rings. The van der Waals surface area contributed by atoms with Crippen LogP contribution in [0.15, 0.2) is 11.4 Å². The van der Waals surface area contributed by atoms with Crippen molar-refractivity contribution in [1.82, 2.24) is 4.90 Å². The van der Waals surface area contributed by atoms with Crippen LogP contribution in [0.25, 0.3) is 0 Å². The second kappa shape index (κ2) is 8.79. The van der Waals surface area contributed by atoms with Crippen LogP contribution in [0.2, 0.25) is 0 Å². The summed E-state index contributed by atoms with van der Waals surface area (Å²) in [5, 5.41) is 4.46. The van der Waals surface area contributed by atoms with Crippen LogP contribution in [0.4, 0.5) is 5.69 Å². The molecule has 8 heteroatoms. The quantitative estimate of drug-likeness (QED) is 0.784. The Morgan fingerprint density at radius 1 is 1.42 bits per heavy atom. The Hall–Kier alpha value is -1.93. The van der Waals surface area contributed by atoms with Gasteiger partial charge in [-0.15, -0.1) is 11.3 Å². The molecule has 1 aromatic rings. The molecule has 2 rings (SSSR count). The van der Waals surface area contributed by atoms with Crippen molar-refractivity contribution < 1.29 is 23.9 Å². The van der Waals surface area contributed by atoms with Gasteiger partial charge < -0.3 is 14.8 Å². The summed E-state index contributed by atoms with van der Waals surface area (Å²) in [5.74, 6) is -1.07. The van der Waals surface area contributed by atoms with Crippen molar-refractivity contribution in [3.8, 4) is 0 Å². The van der Waals surface area contributed by atoms with Crippen LogP contribution in [0, 0.1) is 5.92 Å². The fraction of sp³-hybridized carbons (Fsp3) is 0.562. The molecule has 2 heterocycles. The van der Waals surface area contributed by atoms with E-state index in [9.17, 15) is 14.4 Å². The number of nitrogens with one attached hydrogen (secondary N) is 1. The Labute approximate surface area is 144 Å². The van der Waals surface area contributed by atoms with Crippen molar-refractivity contribution in [3.63, 3.8) is 0 Å². The van der Waals surface area contributed by atoms with E-state index in [1.165, 1.54) is 18.4 Å². The zero-order valence-electron chi connectivity index (χ0n) is 13.9. The molecule has 0 spiro atoms. The Bertz CT molecular complexity index is 601. The van der Waals surface area contributed by atoms with Crippen LogP contribution in [-0.4, -0.2) is 56.1 Å². The topological polar surface area (TPSA) is 84.9 Å². The third-order valence-electron chi connectivity index (χ3n) is 3.80. The van der Waals surface area contributed by atoms with Crippen LogP contribution >= 0.6 is 11.3 Å². The summed E-state index contributed by atoms with van der Waals surface area (Å²) in [4.78, 5) is 38.0. The van der Waals surface area contributed by atoms with Crippen LogP contribution < -0.4 is 5.32 Å². The summed E-state index contributed by atoms with van der Waals surface area (Å²) in [6, 6.07) is 1.67. The summed E-state index contributed by atoms with van der Waals surface area (Å²) in [6.45, 7) is 3.60. The molecule has 24 heavy (non-hydrogen) atoms. The number of methoxy groups -OCH3 is 1. The van der Waals surface area contributed by atoms with Crippen LogP contribution in [0.3, 0.4) is 0 Å². The monoisotopic (exact) mass is 354 g/mol. The van der Waals surface area contributed by atoms with Gasteiger partial charge in [-0.05, 0) is 37.8 Å². The number of esters is 2. The highest BCUT2D eigenvalue weighted by Gasteiger charge is 2.28. The van der Waals surface area contributed by atoms with Crippen molar-refractivity contribution in [2.75, 3.05) is 38.7 Å². The van der Waals surface area contributed by atoms with Crippen LogP contribution in [0.1, 0.15) is 29.4 Å².